The predicted molar refractivity (Wildman–Crippen MR) is 165 cm³/mol. The Morgan fingerprint density at radius 2 is 1.86 bits per heavy atom. The molecule has 226 valence electrons. The number of hydrogen-bond donors (Lipinski definition) is 2. The van der Waals surface area contributed by atoms with Crippen LogP contribution in [0.3, 0.4) is 0 Å². The van der Waals surface area contributed by atoms with Gasteiger partial charge in [0.2, 0.25) is 18.6 Å². The number of fused-ring (bicyclic) bond motifs is 4. The number of carbonyl (C=O) groups is 3. The number of methoxy groups -OCH3 is 2. The van der Waals surface area contributed by atoms with Crippen molar-refractivity contribution in [1.82, 2.24) is 10.2 Å². The zero-order valence-corrected chi connectivity index (χ0v) is 24.8. The normalized spacial score (nSPS) is 16.0. The Kier molecular flexibility index (Phi) is 8.37. The van der Waals surface area contributed by atoms with Crippen LogP contribution in [0.25, 0.3) is 0 Å². The molecule has 0 bridgehead atoms. The van der Waals surface area contributed by atoms with E-state index >= 15 is 0 Å². The Hall–Kier alpha value is -5.04. The number of benzene rings is 3. The van der Waals surface area contributed by atoms with Gasteiger partial charge in [0.25, 0.3) is 5.91 Å². The summed E-state index contributed by atoms with van der Waals surface area (Å²) in [6, 6.07) is 17.2. The number of amides is 3. The second kappa shape index (κ2) is 12.7. The average Bonchev–Trinajstić information content (AvgIpc) is 3.65. The van der Waals surface area contributed by atoms with E-state index in [4.69, 9.17) is 23.9 Å². The molecule has 2 N–H and O–H groups in total. The molecule has 3 aromatic carbocycles. The van der Waals surface area contributed by atoms with E-state index in [9.17, 15) is 14.4 Å². The molecule has 0 spiro atoms. The zero-order chi connectivity index (χ0) is 30.6. The highest BCUT2D eigenvalue weighted by Crippen LogP contribution is 2.35. The molecule has 3 aliphatic heterocycles. The van der Waals surface area contributed by atoms with Crippen molar-refractivity contribution in [1.29, 1.82) is 0 Å². The first kappa shape index (κ1) is 29.1. The minimum Gasteiger partial charge on any atom is -0.497 e. The highest BCUT2D eigenvalue weighted by molar-refractivity contribution is 8.14. The summed E-state index contributed by atoms with van der Waals surface area (Å²) in [4.78, 5) is 50.0. The van der Waals surface area contributed by atoms with Crippen LogP contribution in [0.4, 0.5) is 11.4 Å². The van der Waals surface area contributed by atoms with Crippen LogP contribution in [0.15, 0.2) is 70.6 Å². The van der Waals surface area contributed by atoms with Gasteiger partial charge in [-0.25, -0.2) is 9.89 Å². The molecule has 0 aliphatic carbocycles. The molecule has 12 nitrogen and oxygen atoms in total. The number of anilines is 1. The second-order valence-corrected chi connectivity index (χ2v) is 10.9. The maximum atomic E-state index is 13.6. The molecule has 3 heterocycles. The molecule has 3 aliphatic rings. The lowest BCUT2D eigenvalue weighted by Crippen LogP contribution is -2.41. The molecule has 3 amide bonds. The van der Waals surface area contributed by atoms with Crippen molar-refractivity contribution in [3.8, 4) is 23.0 Å². The number of nitrogens with zero attached hydrogens (tertiary/aromatic N) is 3. The van der Waals surface area contributed by atoms with E-state index in [1.807, 2.05) is 42.5 Å². The number of para-hydroxylation sites is 1. The zero-order valence-electron chi connectivity index (χ0n) is 24.0. The first-order valence-corrected chi connectivity index (χ1v) is 14.8. The molecule has 0 aromatic heterocycles. The van der Waals surface area contributed by atoms with Crippen LogP contribution >= 0.6 is 11.8 Å². The monoisotopic (exact) mass is 615 g/mol. The number of ether oxygens (including phenoxy) is 4. The summed E-state index contributed by atoms with van der Waals surface area (Å²) < 4.78 is 21.3. The van der Waals surface area contributed by atoms with Gasteiger partial charge in [-0.05, 0) is 48.4 Å². The first-order valence-electron chi connectivity index (χ1n) is 13.8. The molecular weight excluding hydrogens is 586 g/mol. The van der Waals surface area contributed by atoms with Gasteiger partial charge in [-0.15, -0.1) is 0 Å². The number of amidine groups is 2. The molecular formula is C31H29N5O7S. The third-order valence-electron chi connectivity index (χ3n) is 7.13. The Balaban J connectivity index is 1.09. The number of aliphatic imine (C=N–C) groups is 2. The van der Waals surface area contributed by atoms with Gasteiger partial charge in [-0.3, -0.25) is 19.4 Å². The Bertz CT molecular complexity index is 1690. The first-order chi connectivity index (χ1) is 21.4. The molecule has 0 radical (unpaired) electrons. The van der Waals surface area contributed by atoms with E-state index in [-0.39, 0.29) is 43.1 Å². The third-order valence-corrected chi connectivity index (χ3v) is 8.07. The Morgan fingerprint density at radius 3 is 2.70 bits per heavy atom. The van der Waals surface area contributed by atoms with Crippen LogP contribution in [-0.4, -0.2) is 66.4 Å². The lowest BCUT2D eigenvalue weighted by molar-refractivity contribution is -0.125. The van der Waals surface area contributed by atoms with E-state index in [1.54, 1.807) is 18.2 Å². The number of rotatable bonds is 10. The largest absolute Gasteiger partial charge is 0.497 e. The molecule has 1 atom stereocenters. The SMILES string of the molecule is COc1ccc(OC)c(NC(=O)CSC2=Nc3ccccc3C3=NC(CCC(=O)NCc4ccc5c(c4)OCO5)C(=O)N23)c1. The van der Waals surface area contributed by atoms with E-state index in [2.05, 4.69) is 15.6 Å². The van der Waals surface area contributed by atoms with Crippen LogP contribution in [0.2, 0.25) is 0 Å². The smallest absolute Gasteiger partial charge is 0.259 e. The second-order valence-electron chi connectivity index (χ2n) is 9.96. The number of nitrogens with one attached hydrogen (secondary N) is 2. The van der Waals surface area contributed by atoms with E-state index in [0.29, 0.717) is 57.5 Å². The maximum Gasteiger partial charge on any atom is 0.259 e. The topological polar surface area (TPSA) is 140 Å². The summed E-state index contributed by atoms with van der Waals surface area (Å²) in [7, 11) is 3.05. The van der Waals surface area contributed by atoms with Gasteiger partial charge in [0, 0.05) is 24.6 Å². The summed E-state index contributed by atoms with van der Waals surface area (Å²) >= 11 is 1.12. The summed E-state index contributed by atoms with van der Waals surface area (Å²) in [5.41, 5.74) is 2.70. The minimum absolute atomic E-state index is 0.0225. The van der Waals surface area contributed by atoms with Gasteiger partial charge in [-0.1, -0.05) is 30.0 Å². The predicted octanol–water partition coefficient (Wildman–Crippen LogP) is 3.86. The maximum absolute atomic E-state index is 13.6. The summed E-state index contributed by atoms with van der Waals surface area (Å²) in [6.45, 7) is 0.500. The number of thioether (sulfide) groups is 1. The van der Waals surface area contributed by atoms with Crippen molar-refractivity contribution >= 4 is 51.9 Å². The van der Waals surface area contributed by atoms with Crippen LogP contribution in [0, 0.1) is 0 Å². The standard InChI is InChI=1S/C31H29N5O7S/c1-40-19-8-11-24(41-2)23(14-19)33-28(38)16-44-31-35-21-6-4-3-5-20(21)29-34-22(30(39)36(29)31)9-12-27(37)32-15-18-7-10-25-26(13-18)43-17-42-25/h3-8,10-11,13-14,22H,9,12,15-17H2,1-2H3,(H,32,37)(H,33,38). The van der Waals surface area contributed by atoms with E-state index in [1.165, 1.54) is 19.1 Å². The van der Waals surface area contributed by atoms with Gasteiger partial charge in [-0.2, -0.15) is 0 Å². The lowest BCUT2D eigenvalue weighted by Gasteiger charge is -2.25. The highest BCUT2D eigenvalue weighted by atomic mass is 32.2. The van der Waals surface area contributed by atoms with Crippen LogP contribution in [-0.2, 0) is 20.9 Å². The van der Waals surface area contributed by atoms with Gasteiger partial charge >= 0.3 is 0 Å². The fourth-order valence-electron chi connectivity index (χ4n) is 4.92. The van der Waals surface area contributed by atoms with Gasteiger partial charge in [0.15, 0.2) is 16.7 Å². The molecule has 44 heavy (non-hydrogen) atoms. The Morgan fingerprint density at radius 1 is 1.02 bits per heavy atom. The van der Waals surface area contributed by atoms with Crippen molar-refractivity contribution < 1.29 is 33.3 Å². The highest BCUT2D eigenvalue weighted by Gasteiger charge is 2.41. The molecule has 6 rings (SSSR count). The molecule has 1 unspecified atom stereocenters. The third kappa shape index (κ3) is 6.04. The van der Waals surface area contributed by atoms with Crippen molar-refractivity contribution in [2.75, 3.05) is 32.1 Å². The molecule has 13 heteroatoms. The number of hydrogen-bond acceptors (Lipinski definition) is 10. The van der Waals surface area contributed by atoms with Gasteiger partial charge < -0.3 is 29.6 Å². The summed E-state index contributed by atoms with van der Waals surface area (Å²) in [5, 5.41) is 6.06. The fraction of sp³-hybridized carbons (Fsp3) is 0.258. The summed E-state index contributed by atoms with van der Waals surface area (Å²) in [6.07, 6.45) is 0.333. The van der Waals surface area contributed by atoms with Crippen molar-refractivity contribution in [2.45, 2.75) is 25.4 Å². The van der Waals surface area contributed by atoms with Crippen molar-refractivity contribution in [3.05, 3.63) is 71.8 Å². The molecule has 0 saturated heterocycles. The molecule has 3 aromatic rings. The Labute approximate surface area is 257 Å². The quantitative estimate of drug-likeness (QED) is 0.351. The van der Waals surface area contributed by atoms with Crippen LogP contribution in [0.1, 0.15) is 24.0 Å². The fourth-order valence-corrected chi connectivity index (χ4v) is 5.72. The minimum atomic E-state index is -0.756. The average molecular weight is 616 g/mol. The van der Waals surface area contributed by atoms with Gasteiger partial charge in [0.1, 0.15) is 23.4 Å². The van der Waals surface area contributed by atoms with E-state index in [0.717, 1.165) is 17.3 Å². The van der Waals surface area contributed by atoms with Gasteiger partial charge in [0.05, 0.1) is 31.3 Å². The lowest BCUT2D eigenvalue weighted by atomic mass is 10.1. The van der Waals surface area contributed by atoms with Crippen molar-refractivity contribution in [3.63, 3.8) is 0 Å². The van der Waals surface area contributed by atoms with Crippen molar-refractivity contribution in [2.24, 2.45) is 9.98 Å². The summed E-state index contributed by atoms with van der Waals surface area (Å²) in [5.74, 6) is 2.01. The van der Waals surface area contributed by atoms with Crippen LogP contribution in [0.5, 0.6) is 23.0 Å². The molecule has 0 fully saturated rings. The molecule has 0 saturated carbocycles. The van der Waals surface area contributed by atoms with Crippen LogP contribution < -0.4 is 29.6 Å². The number of carbonyl (C=O) groups excluding carboxylic acids is 3. The van der Waals surface area contributed by atoms with E-state index < -0.39 is 6.04 Å².